The van der Waals surface area contributed by atoms with E-state index in [2.05, 4.69) is 5.10 Å². The summed E-state index contributed by atoms with van der Waals surface area (Å²) >= 11 is 13.3. The summed E-state index contributed by atoms with van der Waals surface area (Å²) in [7, 11) is -3.02. The average Bonchev–Trinajstić information content (AvgIpc) is 2.97. The summed E-state index contributed by atoms with van der Waals surface area (Å²) in [6, 6.07) is 1.71. The monoisotopic (exact) mass is 365 g/mol. The number of nitrogens with two attached hydrogens (primary N) is 1. The van der Waals surface area contributed by atoms with Crippen molar-refractivity contribution < 1.29 is 8.42 Å². The molecule has 5 nitrogen and oxygen atoms in total. The third kappa shape index (κ3) is 2.67. The van der Waals surface area contributed by atoms with Crippen LogP contribution in [0, 0.1) is 0 Å². The van der Waals surface area contributed by atoms with E-state index in [0.717, 1.165) is 0 Å². The Morgan fingerprint density at radius 1 is 1.48 bits per heavy atom. The molecule has 0 aliphatic carbocycles. The SMILES string of the molecule is CC1(n2cc(N)c(-c3cc(Cl)sc3Cl)n2)CCS(=O)(=O)C1. The third-order valence-corrected chi connectivity index (χ3v) is 7.07. The number of hydrogen-bond donors (Lipinski definition) is 1. The minimum Gasteiger partial charge on any atom is -0.396 e. The van der Waals surface area contributed by atoms with Gasteiger partial charge in [-0.3, -0.25) is 4.68 Å². The molecule has 0 spiro atoms. The van der Waals surface area contributed by atoms with Gasteiger partial charge in [0.05, 0.1) is 27.1 Å². The van der Waals surface area contributed by atoms with Gasteiger partial charge >= 0.3 is 0 Å². The van der Waals surface area contributed by atoms with Crippen molar-refractivity contribution >= 4 is 50.1 Å². The number of nitrogens with zero attached hydrogens (tertiary/aromatic N) is 2. The predicted molar refractivity (Wildman–Crippen MR) is 86.9 cm³/mol. The zero-order chi connectivity index (χ0) is 15.4. The Balaban J connectivity index is 2.05. The number of hydrogen-bond acceptors (Lipinski definition) is 5. The summed E-state index contributed by atoms with van der Waals surface area (Å²) in [5.41, 5.74) is 7.11. The number of anilines is 1. The third-order valence-electron chi connectivity index (χ3n) is 3.69. The van der Waals surface area contributed by atoms with Gasteiger partial charge < -0.3 is 5.73 Å². The molecule has 3 rings (SSSR count). The lowest BCUT2D eigenvalue weighted by atomic mass is 10.0. The first kappa shape index (κ1) is 15.1. The Bertz CT molecular complexity index is 813. The molecule has 114 valence electrons. The van der Waals surface area contributed by atoms with Gasteiger partial charge in [0.1, 0.15) is 10.0 Å². The van der Waals surface area contributed by atoms with E-state index in [1.807, 2.05) is 6.92 Å². The second-order valence-corrected chi connectivity index (χ2v) is 9.92. The zero-order valence-electron chi connectivity index (χ0n) is 11.1. The van der Waals surface area contributed by atoms with E-state index in [1.54, 1.807) is 16.9 Å². The summed E-state index contributed by atoms with van der Waals surface area (Å²) in [6.45, 7) is 1.87. The van der Waals surface area contributed by atoms with Crippen LogP contribution in [0.3, 0.4) is 0 Å². The van der Waals surface area contributed by atoms with E-state index in [1.165, 1.54) is 11.3 Å². The average molecular weight is 366 g/mol. The first-order valence-corrected chi connectivity index (χ1v) is 9.61. The molecule has 1 aliphatic rings. The summed E-state index contributed by atoms with van der Waals surface area (Å²) in [6.07, 6.45) is 2.19. The fraction of sp³-hybridized carbons (Fsp3) is 0.417. The topological polar surface area (TPSA) is 78.0 Å². The van der Waals surface area contributed by atoms with Crippen LogP contribution in [0.1, 0.15) is 13.3 Å². The van der Waals surface area contributed by atoms with Crippen molar-refractivity contribution in [3.05, 3.63) is 20.9 Å². The van der Waals surface area contributed by atoms with E-state index in [0.29, 0.717) is 32.0 Å². The van der Waals surface area contributed by atoms with Crippen LogP contribution in [0.15, 0.2) is 12.3 Å². The van der Waals surface area contributed by atoms with Crippen LogP contribution in [0.2, 0.25) is 8.67 Å². The lowest BCUT2D eigenvalue weighted by Crippen LogP contribution is -2.31. The number of aromatic nitrogens is 2. The van der Waals surface area contributed by atoms with Crippen LogP contribution in [0.4, 0.5) is 5.69 Å². The normalized spacial score (nSPS) is 24.5. The fourth-order valence-electron chi connectivity index (χ4n) is 2.55. The highest BCUT2D eigenvalue weighted by molar-refractivity contribution is 7.91. The van der Waals surface area contributed by atoms with Gasteiger partial charge in [0.25, 0.3) is 0 Å². The van der Waals surface area contributed by atoms with E-state index in [-0.39, 0.29) is 11.5 Å². The lowest BCUT2D eigenvalue weighted by molar-refractivity contribution is 0.329. The standard InChI is InChI=1S/C12H13Cl2N3O2S2/c1-12(2-3-21(18,19)6-12)17-5-8(15)10(16-17)7-4-9(13)20-11(7)14/h4-5H,2-3,6,15H2,1H3. The Hall–Kier alpha value is -0.760. The number of thiophene rings is 1. The van der Waals surface area contributed by atoms with Gasteiger partial charge in [-0.1, -0.05) is 23.2 Å². The zero-order valence-corrected chi connectivity index (χ0v) is 14.3. The van der Waals surface area contributed by atoms with Crippen molar-refractivity contribution in [2.24, 2.45) is 0 Å². The predicted octanol–water partition coefficient (Wildman–Crippen LogP) is 3.03. The van der Waals surface area contributed by atoms with Crippen molar-refractivity contribution in [2.45, 2.75) is 18.9 Å². The van der Waals surface area contributed by atoms with Gasteiger partial charge in [0.15, 0.2) is 9.84 Å². The maximum absolute atomic E-state index is 11.7. The van der Waals surface area contributed by atoms with Crippen molar-refractivity contribution in [3.63, 3.8) is 0 Å². The molecule has 0 bridgehead atoms. The maximum Gasteiger partial charge on any atom is 0.152 e. The Labute approximate surface area is 136 Å². The van der Waals surface area contributed by atoms with E-state index < -0.39 is 15.4 Å². The van der Waals surface area contributed by atoms with Gasteiger partial charge in [0.2, 0.25) is 0 Å². The Kier molecular flexibility index (Phi) is 3.52. The van der Waals surface area contributed by atoms with Gasteiger partial charge in [-0.15, -0.1) is 11.3 Å². The molecule has 0 radical (unpaired) electrons. The molecule has 0 saturated carbocycles. The summed E-state index contributed by atoms with van der Waals surface area (Å²) in [5, 5.41) is 4.46. The molecule has 0 aromatic carbocycles. The molecule has 21 heavy (non-hydrogen) atoms. The summed E-state index contributed by atoms with van der Waals surface area (Å²) in [5.74, 6) is 0.238. The largest absolute Gasteiger partial charge is 0.396 e. The van der Waals surface area contributed by atoms with Gasteiger partial charge in [-0.25, -0.2) is 8.42 Å². The quantitative estimate of drug-likeness (QED) is 0.886. The molecule has 0 amide bonds. The molecule has 1 aliphatic heterocycles. The Morgan fingerprint density at radius 3 is 2.71 bits per heavy atom. The summed E-state index contributed by atoms with van der Waals surface area (Å²) < 4.78 is 26.2. The minimum atomic E-state index is -3.02. The van der Waals surface area contributed by atoms with Crippen molar-refractivity contribution in [1.82, 2.24) is 9.78 Å². The highest BCUT2D eigenvalue weighted by Gasteiger charge is 2.41. The second-order valence-electron chi connectivity index (χ2n) is 5.45. The highest BCUT2D eigenvalue weighted by atomic mass is 35.5. The number of sulfone groups is 1. The first-order valence-electron chi connectivity index (χ1n) is 6.21. The second kappa shape index (κ2) is 4.87. The van der Waals surface area contributed by atoms with Crippen LogP contribution < -0.4 is 5.73 Å². The number of rotatable bonds is 2. The van der Waals surface area contributed by atoms with Gasteiger partial charge in [-0.05, 0) is 19.4 Å². The van der Waals surface area contributed by atoms with Crippen LogP contribution in [-0.2, 0) is 15.4 Å². The summed E-state index contributed by atoms with van der Waals surface area (Å²) in [4.78, 5) is 0. The molecule has 1 unspecified atom stereocenters. The number of halogens is 2. The first-order chi connectivity index (χ1) is 9.70. The smallest absolute Gasteiger partial charge is 0.152 e. The van der Waals surface area contributed by atoms with Gasteiger partial charge in [0, 0.05) is 11.8 Å². The van der Waals surface area contributed by atoms with Crippen LogP contribution in [0.25, 0.3) is 11.3 Å². The minimum absolute atomic E-state index is 0.0681. The molecule has 1 fully saturated rings. The molecule has 2 aromatic heterocycles. The van der Waals surface area contributed by atoms with Crippen LogP contribution in [-0.4, -0.2) is 29.7 Å². The molecule has 2 N–H and O–H groups in total. The molecule has 2 aromatic rings. The fourth-order valence-corrected chi connectivity index (χ4v) is 6.13. The Morgan fingerprint density at radius 2 is 2.19 bits per heavy atom. The molecular formula is C12H13Cl2N3O2S2. The van der Waals surface area contributed by atoms with E-state index in [4.69, 9.17) is 28.9 Å². The van der Waals surface area contributed by atoms with E-state index >= 15 is 0 Å². The van der Waals surface area contributed by atoms with Crippen LogP contribution >= 0.6 is 34.5 Å². The van der Waals surface area contributed by atoms with Crippen molar-refractivity contribution in [1.29, 1.82) is 0 Å². The maximum atomic E-state index is 11.7. The molecule has 9 heteroatoms. The molecule has 3 heterocycles. The van der Waals surface area contributed by atoms with Crippen molar-refractivity contribution in [3.8, 4) is 11.3 Å². The molecule has 1 atom stereocenters. The van der Waals surface area contributed by atoms with E-state index in [9.17, 15) is 8.42 Å². The van der Waals surface area contributed by atoms with Crippen molar-refractivity contribution in [2.75, 3.05) is 17.2 Å². The highest BCUT2D eigenvalue weighted by Crippen LogP contribution is 2.41. The number of nitrogen functional groups attached to an aromatic ring is 1. The van der Waals surface area contributed by atoms with Gasteiger partial charge in [-0.2, -0.15) is 5.10 Å². The molecule has 1 saturated heterocycles. The molecular weight excluding hydrogens is 353 g/mol. The lowest BCUT2D eigenvalue weighted by Gasteiger charge is -2.22. The van der Waals surface area contributed by atoms with Crippen LogP contribution in [0.5, 0.6) is 0 Å².